The molecule has 0 radical (unpaired) electrons. The van der Waals surface area contributed by atoms with Gasteiger partial charge in [0, 0.05) is 31.8 Å². The molecule has 252 valence electrons. The number of unbranched alkanes of at least 4 members (excludes halogenated alkanes) is 2. The fraction of sp³-hybridized carbons (Fsp3) is 0.758. The minimum Gasteiger partial charge on any atom is -0.459 e. The molecule has 0 aromatic carbocycles. The average molecular weight is 637 g/mol. The molecule has 0 bridgehead atoms. The molecule has 1 N–H and O–H groups in total. The number of hydrogen-bond donors (Lipinski definition) is 1. The molecule has 0 unspecified atom stereocenters. The van der Waals surface area contributed by atoms with Crippen molar-refractivity contribution in [3.8, 4) is 0 Å². The molecule has 12 heteroatoms. The van der Waals surface area contributed by atoms with Crippen molar-refractivity contribution in [1.82, 2.24) is 0 Å². The quantitative estimate of drug-likeness (QED) is 0.115. The number of rotatable bonds is 11. The van der Waals surface area contributed by atoms with Gasteiger partial charge < -0.3 is 38.3 Å². The van der Waals surface area contributed by atoms with Crippen LogP contribution in [0, 0.1) is 5.92 Å². The van der Waals surface area contributed by atoms with Crippen LogP contribution in [0.15, 0.2) is 22.8 Å². The Morgan fingerprint density at radius 3 is 2.31 bits per heavy atom. The lowest BCUT2D eigenvalue weighted by molar-refractivity contribution is -0.218. The van der Waals surface area contributed by atoms with E-state index in [1.54, 1.807) is 40.7 Å². The second-order valence-corrected chi connectivity index (χ2v) is 12.9. The van der Waals surface area contributed by atoms with Gasteiger partial charge in [0.15, 0.2) is 36.5 Å². The second kappa shape index (κ2) is 13.5. The minimum atomic E-state index is -2.04. The number of fused-ring (bicyclic) bond motifs is 5. The molecule has 4 aliphatic rings. The second-order valence-electron chi connectivity index (χ2n) is 12.9. The summed E-state index contributed by atoms with van der Waals surface area (Å²) in [4.78, 5) is 52.1. The Labute approximate surface area is 264 Å². The van der Waals surface area contributed by atoms with Crippen molar-refractivity contribution in [2.45, 2.75) is 148 Å². The number of carbonyl (C=O) groups excluding carboxylic acids is 4. The van der Waals surface area contributed by atoms with Crippen molar-refractivity contribution in [3.63, 3.8) is 0 Å². The Morgan fingerprint density at radius 2 is 1.69 bits per heavy atom. The van der Waals surface area contributed by atoms with Crippen LogP contribution in [-0.2, 0) is 52.3 Å². The van der Waals surface area contributed by atoms with Gasteiger partial charge >= 0.3 is 23.9 Å². The summed E-state index contributed by atoms with van der Waals surface area (Å²) in [6, 6.07) is 0. The predicted octanol–water partition coefficient (Wildman–Crippen LogP) is 3.96. The highest BCUT2D eigenvalue weighted by molar-refractivity contribution is 5.88. The van der Waals surface area contributed by atoms with Gasteiger partial charge in [0.25, 0.3) is 0 Å². The predicted molar refractivity (Wildman–Crippen MR) is 158 cm³/mol. The number of aliphatic hydroxyl groups is 1. The third-order valence-electron chi connectivity index (χ3n) is 9.69. The van der Waals surface area contributed by atoms with Crippen molar-refractivity contribution in [3.05, 3.63) is 22.8 Å². The van der Waals surface area contributed by atoms with Crippen molar-refractivity contribution >= 4 is 23.9 Å². The topological polar surface area (TPSA) is 153 Å². The molecule has 2 aliphatic heterocycles. The van der Waals surface area contributed by atoms with Gasteiger partial charge in [-0.3, -0.25) is 14.4 Å². The summed E-state index contributed by atoms with van der Waals surface area (Å²) in [6.45, 7) is 13.2. The maximum absolute atomic E-state index is 13.3. The monoisotopic (exact) mass is 636 g/mol. The Balaban J connectivity index is 1.93. The Bertz CT molecular complexity index is 1240. The van der Waals surface area contributed by atoms with Gasteiger partial charge in [0.2, 0.25) is 0 Å². The molecular weight excluding hydrogens is 588 g/mol. The molecule has 3 fully saturated rings. The van der Waals surface area contributed by atoms with Gasteiger partial charge in [-0.25, -0.2) is 4.79 Å². The summed E-state index contributed by atoms with van der Waals surface area (Å²) in [5.41, 5.74) is -3.88. The van der Waals surface area contributed by atoms with E-state index in [0.717, 1.165) is 12.8 Å². The molecule has 9 atom stereocenters. The van der Waals surface area contributed by atoms with Crippen LogP contribution in [0.1, 0.15) is 100 Å². The van der Waals surface area contributed by atoms with Crippen molar-refractivity contribution in [2.75, 3.05) is 6.79 Å². The molecule has 0 amide bonds. The first-order valence-corrected chi connectivity index (χ1v) is 15.9. The molecular formula is C33H48O12. The molecule has 12 nitrogen and oxygen atoms in total. The molecule has 2 heterocycles. The van der Waals surface area contributed by atoms with E-state index in [0.29, 0.717) is 29.6 Å². The molecule has 0 aromatic heterocycles. The van der Waals surface area contributed by atoms with E-state index in [-0.39, 0.29) is 26.1 Å². The van der Waals surface area contributed by atoms with Gasteiger partial charge in [-0.2, -0.15) is 0 Å². The summed E-state index contributed by atoms with van der Waals surface area (Å²) in [6.07, 6.45) is -1.36. The Kier molecular flexibility index (Phi) is 10.5. The maximum atomic E-state index is 13.3. The van der Waals surface area contributed by atoms with Crippen molar-refractivity contribution in [1.29, 1.82) is 0 Å². The molecule has 4 rings (SSSR count). The number of carbonyl (C=O) groups is 4. The third-order valence-corrected chi connectivity index (χ3v) is 9.69. The van der Waals surface area contributed by atoms with Crippen LogP contribution >= 0.6 is 0 Å². The van der Waals surface area contributed by atoms with Crippen LogP contribution in [0.4, 0.5) is 0 Å². The zero-order valence-corrected chi connectivity index (χ0v) is 27.6. The van der Waals surface area contributed by atoms with Crippen LogP contribution in [0.3, 0.4) is 0 Å². The molecule has 0 spiro atoms. The van der Waals surface area contributed by atoms with Gasteiger partial charge in [-0.15, -0.1) is 0 Å². The number of hydrogen-bond acceptors (Lipinski definition) is 12. The fourth-order valence-electron chi connectivity index (χ4n) is 7.24. The third kappa shape index (κ3) is 6.18. The molecule has 45 heavy (non-hydrogen) atoms. The standard InChI is InChI=1S/C33H48O12/c1-9-12-13-15-23(36)42-27-25-24(19(5)26(27)43-29(37)18(4)11-3)28-33(38,32(8)30(44-28)39-17-40-32)21(41-22(35)14-10-2)16-31(25,7)45-20(6)34/h11,21,25-28,30,38H,9-10,12-17H2,1-8H3/b18-11-/t21-,25+,26-,27-,28-,30+,31-,32+,33+/m0/s1. The lowest BCUT2D eigenvalue weighted by atomic mass is 9.75. The van der Waals surface area contributed by atoms with E-state index in [2.05, 4.69) is 0 Å². The first-order chi connectivity index (χ1) is 21.2. The van der Waals surface area contributed by atoms with Crippen molar-refractivity contribution < 1.29 is 57.4 Å². The van der Waals surface area contributed by atoms with Gasteiger partial charge in [-0.1, -0.05) is 32.8 Å². The summed E-state index contributed by atoms with van der Waals surface area (Å²) in [5, 5.41) is 12.8. The summed E-state index contributed by atoms with van der Waals surface area (Å²) in [5.74, 6) is -3.30. The summed E-state index contributed by atoms with van der Waals surface area (Å²) >= 11 is 0. The fourth-order valence-corrected chi connectivity index (χ4v) is 7.24. The van der Waals surface area contributed by atoms with Crippen molar-refractivity contribution in [2.24, 2.45) is 5.92 Å². The Morgan fingerprint density at radius 1 is 1.00 bits per heavy atom. The lowest BCUT2D eigenvalue weighted by Crippen LogP contribution is -2.65. The SMILES string of the molecule is C/C=C(/C)C(=O)O[C@H]1C(C)=C2[C@H]([C@@H]1OC(=O)CCCCC)[C@@](C)(OC(C)=O)C[C@H](OC(=O)CCC)[C@@]1(O)[C@H]2O[C@H]2OCO[C@]21C. The van der Waals surface area contributed by atoms with Gasteiger partial charge in [0.05, 0.1) is 5.92 Å². The number of esters is 4. The van der Waals surface area contributed by atoms with Crippen LogP contribution in [-0.4, -0.2) is 83.3 Å². The Hall–Kier alpha value is -2.80. The molecule has 2 saturated heterocycles. The summed E-state index contributed by atoms with van der Waals surface area (Å²) < 4.78 is 42.3. The zero-order valence-electron chi connectivity index (χ0n) is 27.6. The van der Waals surface area contributed by atoms with Gasteiger partial charge in [-0.05, 0) is 58.6 Å². The normalized spacial score (nSPS) is 37.3. The van der Waals surface area contributed by atoms with E-state index in [9.17, 15) is 24.3 Å². The largest absolute Gasteiger partial charge is 0.459 e. The van der Waals surface area contributed by atoms with E-state index in [4.69, 9.17) is 33.2 Å². The first kappa shape index (κ1) is 35.1. The maximum Gasteiger partial charge on any atom is 0.334 e. The van der Waals surface area contributed by atoms with Crippen LogP contribution < -0.4 is 0 Å². The first-order valence-electron chi connectivity index (χ1n) is 15.9. The molecule has 0 aromatic rings. The zero-order chi connectivity index (χ0) is 33.3. The number of ether oxygens (including phenoxy) is 7. The van der Waals surface area contributed by atoms with Crippen LogP contribution in [0.25, 0.3) is 0 Å². The van der Waals surface area contributed by atoms with E-state index in [1.807, 2.05) is 13.8 Å². The average Bonchev–Trinajstić information content (AvgIpc) is 3.52. The summed E-state index contributed by atoms with van der Waals surface area (Å²) in [7, 11) is 0. The van der Waals surface area contributed by atoms with E-state index in [1.165, 1.54) is 6.92 Å². The van der Waals surface area contributed by atoms with Crippen LogP contribution in [0.5, 0.6) is 0 Å². The lowest BCUT2D eigenvalue weighted by Gasteiger charge is -2.43. The molecule has 2 aliphatic carbocycles. The number of allylic oxidation sites excluding steroid dienone is 1. The van der Waals surface area contributed by atoms with E-state index >= 15 is 0 Å². The highest BCUT2D eigenvalue weighted by Gasteiger charge is 2.77. The molecule has 1 saturated carbocycles. The smallest absolute Gasteiger partial charge is 0.334 e. The highest BCUT2D eigenvalue weighted by atomic mass is 16.8. The minimum absolute atomic E-state index is 0.0886. The van der Waals surface area contributed by atoms with Crippen LogP contribution in [0.2, 0.25) is 0 Å². The van der Waals surface area contributed by atoms with Gasteiger partial charge in [0.1, 0.15) is 17.8 Å². The highest BCUT2D eigenvalue weighted by Crippen LogP contribution is 2.60. The van der Waals surface area contributed by atoms with E-state index < -0.39 is 77.3 Å².